The standard InChI is InChI=1S/C7H8ClNO2/c1-4(10)5-2-3-9-7(8)6(5)11/h2-4,10-11H,1H3. The zero-order valence-corrected chi connectivity index (χ0v) is 6.71. The van der Waals surface area contributed by atoms with E-state index in [9.17, 15) is 5.11 Å². The lowest BCUT2D eigenvalue weighted by atomic mass is 10.1. The highest BCUT2D eigenvalue weighted by molar-refractivity contribution is 6.30. The van der Waals surface area contributed by atoms with Crippen molar-refractivity contribution < 1.29 is 10.2 Å². The van der Waals surface area contributed by atoms with Crippen LogP contribution in [-0.4, -0.2) is 15.2 Å². The van der Waals surface area contributed by atoms with Crippen molar-refractivity contribution in [2.75, 3.05) is 0 Å². The van der Waals surface area contributed by atoms with Crippen molar-refractivity contribution >= 4 is 11.6 Å². The number of pyridine rings is 1. The van der Waals surface area contributed by atoms with E-state index in [-0.39, 0.29) is 10.9 Å². The molecule has 0 aliphatic heterocycles. The van der Waals surface area contributed by atoms with Gasteiger partial charge in [-0.1, -0.05) is 11.6 Å². The minimum Gasteiger partial charge on any atom is -0.504 e. The van der Waals surface area contributed by atoms with E-state index in [1.165, 1.54) is 12.3 Å². The molecule has 2 N–H and O–H groups in total. The number of rotatable bonds is 1. The zero-order chi connectivity index (χ0) is 8.43. The van der Waals surface area contributed by atoms with Crippen LogP contribution in [0, 0.1) is 0 Å². The maximum atomic E-state index is 9.21. The van der Waals surface area contributed by atoms with Gasteiger partial charge in [-0.3, -0.25) is 0 Å². The number of halogens is 1. The van der Waals surface area contributed by atoms with Crippen LogP contribution in [0.1, 0.15) is 18.6 Å². The predicted molar refractivity (Wildman–Crippen MR) is 41.5 cm³/mol. The molecule has 0 spiro atoms. The fourth-order valence-corrected chi connectivity index (χ4v) is 0.945. The molecular formula is C7H8ClNO2. The Morgan fingerprint density at radius 1 is 1.64 bits per heavy atom. The number of aliphatic hydroxyl groups excluding tert-OH is 1. The Labute approximate surface area is 69.3 Å². The smallest absolute Gasteiger partial charge is 0.171 e. The van der Waals surface area contributed by atoms with Gasteiger partial charge >= 0.3 is 0 Å². The first-order chi connectivity index (χ1) is 5.13. The van der Waals surface area contributed by atoms with Crippen LogP contribution in [-0.2, 0) is 0 Å². The van der Waals surface area contributed by atoms with Gasteiger partial charge in [0.2, 0.25) is 0 Å². The molecule has 0 saturated carbocycles. The van der Waals surface area contributed by atoms with Crippen molar-refractivity contribution in [3.63, 3.8) is 0 Å². The third kappa shape index (κ3) is 1.61. The second-order valence-electron chi connectivity index (χ2n) is 2.22. The lowest BCUT2D eigenvalue weighted by Gasteiger charge is -2.06. The van der Waals surface area contributed by atoms with E-state index in [4.69, 9.17) is 16.7 Å². The Balaban J connectivity index is 3.17. The number of hydrogen-bond acceptors (Lipinski definition) is 3. The Morgan fingerprint density at radius 2 is 2.27 bits per heavy atom. The zero-order valence-electron chi connectivity index (χ0n) is 5.95. The predicted octanol–water partition coefficient (Wildman–Crippen LogP) is 1.49. The van der Waals surface area contributed by atoms with Gasteiger partial charge in [-0.15, -0.1) is 0 Å². The van der Waals surface area contributed by atoms with Crippen LogP contribution in [0.4, 0.5) is 0 Å². The van der Waals surface area contributed by atoms with Gasteiger partial charge in [-0.05, 0) is 13.0 Å². The molecular weight excluding hydrogens is 166 g/mol. The SMILES string of the molecule is CC(O)c1ccnc(Cl)c1O. The summed E-state index contributed by atoms with van der Waals surface area (Å²) < 4.78 is 0. The fraction of sp³-hybridized carbons (Fsp3) is 0.286. The molecule has 1 aromatic rings. The first kappa shape index (κ1) is 8.30. The van der Waals surface area contributed by atoms with Crippen molar-refractivity contribution in [1.29, 1.82) is 0 Å². The monoisotopic (exact) mass is 173 g/mol. The van der Waals surface area contributed by atoms with Crippen LogP contribution >= 0.6 is 11.6 Å². The number of aromatic nitrogens is 1. The summed E-state index contributed by atoms with van der Waals surface area (Å²) in [4.78, 5) is 3.63. The van der Waals surface area contributed by atoms with Gasteiger partial charge in [0.05, 0.1) is 6.10 Å². The molecule has 11 heavy (non-hydrogen) atoms. The minimum absolute atomic E-state index is 0.0170. The molecule has 60 valence electrons. The van der Waals surface area contributed by atoms with Crippen LogP contribution in [0.3, 0.4) is 0 Å². The fourth-order valence-electron chi connectivity index (χ4n) is 0.779. The molecule has 3 nitrogen and oxygen atoms in total. The maximum absolute atomic E-state index is 9.21. The number of hydrogen-bond donors (Lipinski definition) is 2. The van der Waals surface area contributed by atoms with Crippen molar-refractivity contribution in [2.45, 2.75) is 13.0 Å². The molecule has 1 rings (SSSR count). The highest BCUT2D eigenvalue weighted by atomic mass is 35.5. The molecule has 0 fully saturated rings. The molecule has 4 heteroatoms. The molecule has 0 bridgehead atoms. The van der Waals surface area contributed by atoms with Crippen LogP contribution in [0.25, 0.3) is 0 Å². The van der Waals surface area contributed by atoms with Gasteiger partial charge in [-0.2, -0.15) is 0 Å². The summed E-state index contributed by atoms with van der Waals surface area (Å²) in [5.74, 6) is -0.149. The van der Waals surface area contributed by atoms with Crippen LogP contribution in [0.5, 0.6) is 5.75 Å². The Bertz CT molecular complexity index is 263. The molecule has 0 saturated heterocycles. The molecule has 1 aromatic heterocycles. The third-order valence-electron chi connectivity index (χ3n) is 1.36. The molecule has 0 aliphatic carbocycles. The number of aromatic hydroxyl groups is 1. The highest BCUT2D eigenvalue weighted by Crippen LogP contribution is 2.28. The Morgan fingerprint density at radius 3 is 2.73 bits per heavy atom. The topological polar surface area (TPSA) is 53.4 Å². The normalized spacial score (nSPS) is 13.0. The summed E-state index contributed by atoms with van der Waals surface area (Å²) in [6.07, 6.45) is 0.708. The van der Waals surface area contributed by atoms with Crippen molar-refractivity contribution in [1.82, 2.24) is 4.98 Å². The quantitative estimate of drug-likeness (QED) is 0.633. The Hall–Kier alpha value is -0.800. The average molecular weight is 174 g/mol. The van der Waals surface area contributed by atoms with Gasteiger partial charge in [-0.25, -0.2) is 4.98 Å². The number of nitrogens with zero attached hydrogens (tertiary/aromatic N) is 1. The lowest BCUT2D eigenvalue weighted by molar-refractivity contribution is 0.195. The van der Waals surface area contributed by atoms with E-state index < -0.39 is 6.10 Å². The summed E-state index contributed by atoms with van der Waals surface area (Å²) >= 11 is 5.49. The number of aliphatic hydroxyl groups is 1. The second-order valence-corrected chi connectivity index (χ2v) is 2.57. The first-order valence-corrected chi connectivity index (χ1v) is 3.52. The van der Waals surface area contributed by atoms with E-state index >= 15 is 0 Å². The van der Waals surface area contributed by atoms with Gasteiger partial charge in [0.1, 0.15) is 0 Å². The second kappa shape index (κ2) is 3.07. The van der Waals surface area contributed by atoms with E-state index in [1.807, 2.05) is 0 Å². The van der Waals surface area contributed by atoms with E-state index in [1.54, 1.807) is 6.92 Å². The first-order valence-electron chi connectivity index (χ1n) is 3.14. The third-order valence-corrected chi connectivity index (χ3v) is 1.64. The molecule has 1 atom stereocenters. The van der Waals surface area contributed by atoms with Crippen LogP contribution in [0.2, 0.25) is 5.15 Å². The largest absolute Gasteiger partial charge is 0.504 e. The molecule has 1 heterocycles. The van der Waals surface area contributed by atoms with Gasteiger partial charge in [0.25, 0.3) is 0 Å². The average Bonchev–Trinajstić information content (AvgIpc) is 1.94. The van der Waals surface area contributed by atoms with Crippen LogP contribution < -0.4 is 0 Å². The van der Waals surface area contributed by atoms with E-state index in [0.29, 0.717) is 5.56 Å². The van der Waals surface area contributed by atoms with Crippen LogP contribution in [0.15, 0.2) is 12.3 Å². The summed E-state index contributed by atoms with van der Waals surface area (Å²) in [5, 5.41) is 18.3. The molecule has 1 unspecified atom stereocenters. The summed E-state index contributed by atoms with van der Waals surface area (Å²) in [6, 6.07) is 1.52. The van der Waals surface area contributed by atoms with Crippen molar-refractivity contribution in [3.8, 4) is 5.75 Å². The molecule has 0 radical (unpaired) electrons. The van der Waals surface area contributed by atoms with E-state index in [0.717, 1.165) is 0 Å². The van der Waals surface area contributed by atoms with Gasteiger partial charge in [0.15, 0.2) is 10.9 Å². The maximum Gasteiger partial charge on any atom is 0.171 e. The molecule has 0 amide bonds. The minimum atomic E-state index is -0.726. The van der Waals surface area contributed by atoms with Crippen molar-refractivity contribution in [3.05, 3.63) is 23.0 Å². The van der Waals surface area contributed by atoms with Gasteiger partial charge < -0.3 is 10.2 Å². The van der Waals surface area contributed by atoms with Crippen molar-refractivity contribution in [2.24, 2.45) is 0 Å². The Kier molecular flexibility index (Phi) is 2.31. The summed E-state index contributed by atoms with van der Waals surface area (Å²) in [6.45, 7) is 1.55. The van der Waals surface area contributed by atoms with Gasteiger partial charge in [0, 0.05) is 11.8 Å². The lowest BCUT2D eigenvalue weighted by Crippen LogP contribution is -1.92. The summed E-state index contributed by atoms with van der Waals surface area (Å²) in [5.41, 5.74) is 0.394. The van der Waals surface area contributed by atoms with E-state index in [2.05, 4.69) is 4.98 Å². The highest BCUT2D eigenvalue weighted by Gasteiger charge is 2.09. The molecule has 0 aromatic carbocycles. The molecule has 0 aliphatic rings. The summed E-state index contributed by atoms with van der Waals surface area (Å²) in [7, 11) is 0.